The minimum absolute atomic E-state index is 0.532. The SMILES string of the molecule is CCC(C)[C@@H](CC)NC/C=C(/N)c1cccc(OCc2ccccc2)c1. The summed E-state index contributed by atoms with van der Waals surface area (Å²) in [6.45, 7) is 8.10. The summed E-state index contributed by atoms with van der Waals surface area (Å²) in [6.07, 6.45) is 4.37. The Labute approximate surface area is 158 Å². The number of hydrogen-bond donors (Lipinski definition) is 2. The monoisotopic (exact) mass is 352 g/mol. The molecule has 0 heterocycles. The van der Waals surface area contributed by atoms with Gasteiger partial charge in [-0.2, -0.15) is 0 Å². The van der Waals surface area contributed by atoms with E-state index in [2.05, 4.69) is 44.3 Å². The molecule has 0 aliphatic heterocycles. The molecule has 0 amide bonds. The Bertz CT molecular complexity index is 682. The molecule has 1 unspecified atom stereocenters. The lowest BCUT2D eigenvalue weighted by Crippen LogP contribution is -2.34. The Kier molecular flexibility index (Phi) is 8.23. The molecule has 0 saturated heterocycles. The van der Waals surface area contributed by atoms with Crippen LogP contribution in [0.5, 0.6) is 5.75 Å². The predicted octanol–water partition coefficient (Wildman–Crippen LogP) is 4.98. The number of hydrogen-bond acceptors (Lipinski definition) is 3. The molecule has 0 aliphatic carbocycles. The molecule has 0 radical (unpaired) electrons. The van der Waals surface area contributed by atoms with Gasteiger partial charge in [0.15, 0.2) is 0 Å². The summed E-state index contributed by atoms with van der Waals surface area (Å²) in [4.78, 5) is 0. The third-order valence-corrected chi connectivity index (χ3v) is 4.89. The largest absolute Gasteiger partial charge is 0.489 e. The van der Waals surface area contributed by atoms with Crippen LogP contribution in [0.2, 0.25) is 0 Å². The van der Waals surface area contributed by atoms with E-state index in [1.54, 1.807) is 0 Å². The van der Waals surface area contributed by atoms with Crippen molar-refractivity contribution >= 4 is 5.70 Å². The first-order valence-corrected chi connectivity index (χ1v) is 9.60. The highest BCUT2D eigenvalue weighted by molar-refractivity contribution is 5.64. The van der Waals surface area contributed by atoms with Crippen LogP contribution >= 0.6 is 0 Å². The molecule has 3 heteroatoms. The van der Waals surface area contributed by atoms with Crippen LogP contribution in [0.1, 0.15) is 44.7 Å². The molecule has 2 rings (SSSR count). The van der Waals surface area contributed by atoms with Gasteiger partial charge < -0.3 is 15.8 Å². The topological polar surface area (TPSA) is 47.3 Å². The lowest BCUT2D eigenvalue weighted by Gasteiger charge is -2.22. The third-order valence-electron chi connectivity index (χ3n) is 4.89. The van der Waals surface area contributed by atoms with Crippen molar-refractivity contribution in [2.45, 2.75) is 46.3 Å². The summed E-state index contributed by atoms with van der Waals surface area (Å²) in [6, 6.07) is 18.7. The van der Waals surface area contributed by atoms with Gasteiger partial charge in [-0.25, -0.2) is 0 Å². The van der Waals surface area contributed by atoms with Crippen LogP contribution in [0.4, 0.5) is 0 Å². The second kappa shape index (κ2) is 10.7. The van der Waals surface area contributed by atoms with Gasteiger partial charge in [-0.05, 0) is 36.1 Å². The Hall–Kier alpha value is -2.26. The fraction of sp³-hybridized carbons (Fsp3) is 0.391. The zero-order chi connectivity index (χ0) is 18.8. The van der Waals surface area contributed by atoms with E-state index in [1.807, 2.05) is 42.5 Å². The summed E-state index contributed by atoms with van der Waals surface area (Å²) in [5.74, 6) is 1.51. The van der Waals surface area contributed by atoms with Crippen molar-refractivity contribution in [2.75, 3.05) is 6.54 Å². The summed E-state index contributed by atoms with van der Waals surface area (Å²) in [5, 5.41) is 3.59. The van der Waals surface area contributed by atoms with Crippen LogP contribution in [0.3, 0.4) is 0 Å². The first-order chi connectivity index (χ1) is 12.6. The average molecular weight is 353 g/mol. The number of nitrogens with two attached hydrogens (primary N) is 1. The normalized spacial score (nSPS) is 14.0. The second-order valence-electron chi connectivity index (χ2n) is 6.77. The molecular formula is C23H32N2O. The van der Waals surface area contributed by atoms with Gasteiger partial charge in [0.1, 0.15) is 12.4 Å². The number of nitrogens with one attached hydrogen (secondary N) is 1. The van der Waals surface area contributed by atoms with E-state index in [0.29, 0.717) is 18.6 Å². The van der Waals surface area contributed by atoms with Crippen LogP contribution < -0.4 is 15.8 Å². The van der Waals surface area contributed by atoms with E-state index in [-0.39, 0.29) is 0 Å². The Morgan fingerprint density at radius 2 is 1.85 bits per heavy atom. The molecule has 0 spiro atoms. The number of rotatable bonds is 10. The highest BCUT2D eigenvalue weighted by Gasteiger charge is 2.11. The summed E-state index contributed by atoms with van der Waals surface area (Å²) in [7, 11) is 0. The van der Waals surface area contributed by atoms with Gasteiger partial charge in [-0.1, -0.05) is 69.7 Å². The maximum Gasteiger partial charge on any atom is 0.120 e. The molecule has 0 saturated carbocycles. The zero-order valence-electron chi connectivity index (χ0n) is 16.2. The standard InChI is InChI=1S/C23H32N2O/c1-4-18(3)23(5-2)25-15-14-22(24)20-12-9-13-21(16-20)26-17-19-10-7-6-8-11-19/h6-14,16,18,23,25H,4-5,15,17,24H2,1-3H3/b22-14+/t18?,23-/m1/s1. The molecule has 0 aliphatic rings. The van der Waals surface area contributed by atoms with Crippen LogP contribution in [-0.4, -0.2) is 12.6 Å². The quantitative estimate of drug-likeness (QED) is 0.634. The van der Waals surface area contributed by atoms with Crippen molar-refractivity contribution in [1.82, 2.24) is 5.32 Å². The lowest BCUT2D eigenvalue weighted by atomic mass is 9.97. The predicted molar refractivity (Wildman–Crippen MR) is 111 cm³/mol. The van der Waals surface area contributed by atoms with E-state index in [4.69, 9.17) is 10.5 Å². The Morgan fingerprint density at radius 1 is 1.08 bits per heavy atom. The first-order valence-electron chi connectivity index (χ1n) is 9.60. The molecule has 0 bridgehead atoms. The van der Waals surface area contributed by atoms with E-state index in [1.165, 1.54) is 6.42 Å². The highest BCUT2D eigenvalue weighted by Crippen LogP contribution is 2.19. The maximum atomic E-state index is 6.27. The molecule has 3 nitrogen and oxygen atoms in total. The van der Waals surface area contributed by atoms with Gasteiger partial charge in [0, 0.05) is 23.8 Å². The maximum absolute atomic E-state index is 6.27. The van der Waals surface area contributed by atoms with Gasteiger partial charge in [-0.15, -0.1) is 0 Å². The minimum Gasteiger partial charge on any atom is -0.489 e. The van der Waals surface area contributed by atoms with Crippen molar-refractivity contribution < 1.29 is 4.74 Å². The highest BCUT2D eigenvalue weighted by atomic mass is 16.5. The fourth-order valence-electron chi connectivity index (χ4n) is 2.98. The summed E-state index contributed by atoms with van der Waals surface area (Å²) >= 11 is 0. The summed E-state index contributed by atoms with van der Waals surface area (Å²) < 4.78 is 5.89. The molecule has 26 heavy (non-hydrogen) atoms. The van der Waals surface area contributed by atoms with Crippen LogP contribution in [0.25, 0.3) is 5.70 Å². The summed E-state index contributed by atoms with van der Waals surface area (Å²) in [5.41, 5.74) is 9.20. The van der Waals surface area contributed by atoms with Crippen molar-refractivity contribution in [3.8, 4) is 5.75 Å². The second-order valence-corrected chi connectivity index (χ2v) is 6.77. The zero-order valence-corrected chi connectivity index (χ0v) is 16.2. The van der Waals surface area contributed by atoms with Crippen LogP contribution in [0, 0.1) is 5.92 Å². The van der Waals surface area contributed by atoms with E-state index >= 15 is 0 Å². The van der Waals surface area contributed by atoms with Gasteiger partial charge >= 0.3 is 0 Å². The first kappa shape index (κ1) is 20.1. The van der Waals surface area contributed by atoms with Gasteiger partial charge in [0.25, 0.3) is 0 Å². The average Bonchev–Trinajstić information content (AvgIpc) is 2.70. The molecule has 2 aromatic rings. The molecule has 3 N–H and O–H groups in total. The van der Waals surface area contributed by atoms with Crippen molar-refractivity contribution in [1.29, 1.82) is 0 Å². The number of benzene rings is 2. The number of ether oxygens (including phenoxy) is 1. The Balaban J connectivity index is 1.93. The van der Waals surface area contributed by atoms with Crippen molar-refractivity contribution in [2.24, 2.45) is 11.7 Å². The van der Waals surface area contributed by atoms with E-state index in [9.17, 15) is 0 Å². The van der Waals surface area contributed by atoms with Crippen molar-refractivity contribution in [3.63, 3.8) is 0 Å². The van der Waals surface area contributed by atoms with E-state index < -0.39 is 0 Å². The van der Waals surface area contributed by atoms with Gasteiger partial charge in [-0.3, -0.25) is 0 Å². The molecule has 2 atom stereocenters. The fourth-order valence-corrected chi connectivity index (χ4v) is 2.98. The van der Waals surface area contributed by atoms with Crippen molar-refractivity contribution in [3.05, 3.63) is 71.8 Å². The third kappa shape index (κ3) is 6.23. The Morgan fingerprint density at radius 3 is 2.54 bits per heavy atom. The minimum atomic E-state index is 0.532. The molecule has 0 fully saturated rings. The molecule has 140 valence electrons. The smallest absolute Gasteiger partial charge is 0.120 e. The molecule has 0 aromatic heterocycles. The van der Waals surface area contributed by atoms with Gasteiger partial charge in [0.05, 0.1) is 0 Å². The lowest BCUT2D eigenvalue weighted by molar-refractivity contribution is 0.306. The van der Waals surface area contributed by atoms with Crippen LogP contribution in [-0.2, 0) is 6.61 Å². The van der Waals surface area contributed by atoms with Gasteiger partial charge in [0.2, 0.25) is 0 Å². The van der Waals surface area contributed by atoms with E-state index in [0.717, 1.165) is 35.5 Å². The molecule has 2 aromatic carbocycles. The van der Waals surface area contributed by atoms with Crippen LogP contribution in [0.15, 0.2) is 60.7 Å². The molecular weight excluding hydrogens is 320 g/mol.